The number of anilines is 1. The zero-order valence-corrected chi connectivity index (χ0v) is 23.4. The summed E-state index contributed by atoms with van der Waals surface area (Å²) in [6, 6.07) is 22.5. The van der Waals surface area contributed by atoms with Crippen molar-refractivity contribution in [1.29, 1.82) is 0 Å². The molecule has 0 aromatic heterocycles. The Hall–Kier alpha value is -3.65. The first-order chi connectivity index (χ1) is 18.1. The zero-order valence-electron chi connectivity index (χ0n) is 22.6. The Morgan fingerprint density at radius 3 is 2.18 bits per heavy atom. The van der Waals surface area contributed by atoms with Gasteiger partial charge in [0.1, 0.15) is 12.6 Å². The fourth-order valence-electron chi connectivity index (χ4n) is 4.19. The van der Waals surface area contributed by atoms with Crippen LogP contribution in [0.4, 0.5) is 5.69 Å². The van der Waals surface area contributed by atoms with Crippen molar-refractivity contribution in [3.8, 4) is 0 Å². The summed E-state index contributed by atoms with van der Waals surface area (Å²) in [5, 5.41) is 2.86. The van der Waals surface area contributed by atoms with E-state index in [1.165, 1.54) is 21.3 Å². The Bertz CT molecular complexity index is 1330. The van der Waals surface area contributed by atoms with Gasteiger partial charge in [0.05, 0.1) is 10.6 Å². The summed E-state index contributed by atoms with van der Waals surface area (Å²) in [4.78, 5) is 28.4. The lowest BCUT2D eigenvalue weighted by atomic mass is 10.1. The molecule has 0 fully saturated rings. The van der Waals surface area contributed by atoms with E-state index in [0.717, 1.165) is 23.1 Å². The molecule has 0 unspecified atom stereocenters. The van der Waals surface area contributed by atoms with E-state index in [1.54, 1.807) is 31.2 Å². The highest BCUT2D eigenvalue weighted by molar-refractivity contribution is 7.92. The number of aryl methyl sites for hydroxylation is 2. The molecule has 3 aromatic carbocycles. The molecule has 1 N–H and O–H groups in total. The first-order valence-corrected chi connectivity index (χ1v) is 14.3. The van der Waals surface area contributed by atoms with E-state index >= 15 is 0 Å². The molecule has 7 nitrogen and oxygen atoms in total. The number of carbonyl (C=O) groups excluding carboxylic acids is 2. The second kappa shape index (κ2) is 13.2. The number of nitrogens with one attached hydrogen (secondary N) is 1. The molecule has 0 aliphatic rings. The molecule has 0 heterocycles. The predicted molar refractivity (Wildman–Crippen MR) is 152 cm³/mol. The van der Waals surface area contributed by atoms with E-state index in [0.29, 0.717) is 18.7 Å². The number of nitrogens with zero attached hydrogens (tertiary/aromatic N) is 2. The first kappa shape index (κ1) is 28.9. The second-order valence-electron chi connectivity index (χ2n) is 9.40. The predicted octanol–water partition coefficient (Wildman–Crippen LogP) is 4.48. The molecule has 1 atom stereocenters. The van der Waals surface area contributed by atoms with Gasteiger partial charge in [-0.05, 0) is 68.5 Å². The molecule has 0 spiro atoms. The highest BCUT2D eigenvalue weighted by Gasteiger charge is 2.32. The minimum Gasteiger partial charge on any atom is -0.354 e. The molecule has 38 heavy (non-hydrogen) atoms. The molecule has 202 valence electrons. The zero-order chi connectivity index (χ0) is 27.7. The van der Waals surface area contributed by atoms with E-state index in [9.17, 15) is 18.0 Å². The number of rotatable bonds is 12. The van der Waals surface area contributed by atoms with Crippen LogP contribution < -0.4 is 9.62 Å². The van der Waals surface area contributed by atoms with Crippen molar-refractivity contribution in [2.45, 2.75) is 51.5 Å². The number of hydrogen-bond acceptors (Lipinski definition) is 4. The Labute approximate surface area is 226 Å². The fraction of sp³-hybridized carbons (Fsp3) is 0.333. The molecule has 3 rings (SSSR count). The standard InChI is InChI=1S/C30H37N3O4S/c1-5-19-31-30(35)25(4)32(20-18-26-12-8-6-9-13-26)29(34)22-33(28-21-23(2)16-17-24(28)3)38(36,37)27-14-10-7-11-15-27/h6-17,21,25H,5,18-20,22H2,1-4H3,(H,31,35)/t25-/m1/s1. The van der Waals surface area contributed by atoms with Crippen molar-refractivity contribution in [1.82, 2.24) is 10.2 Å². The van der Waals surface area contributed by atoms with Crippen LogP contribution in [0.5, 0.6) is 0 Å². The normalized spacial score (nSPS) is 12.0. The smallest absolute Gasteiger partial charge is 0.264 e. The average molecular weight is 536 g/mol. The molecule has 0 bridgehead atoms. The lowest BCUT2D eigenvalue weighted by molar-refractivity contribution is -0.138. The van der Waals surface area contributed by atoms with Crippen LogP contribution in [-0.4, -0.2) is 50.8 Å². The fourth-order valence-corrected chi connectivity index (χ4v) is 5.68. The van der Waals surface area contributed by atoms with Crippen molar-refractivity contribution in [2.75, 3.05) is 23.9 Å². The highest BCUT2D eigenvalue weighted by Crippen LogP contribution is 2.28. The van der Waals surface area contributed by atoms with Gasteiger partial charge in [0.25, 0.3) is 10.0 Å². The number of sulfonamides is 1. The van der Waals surface area contributed by atoms with Crippen LogP contribution in [0.3, 0.4) is 0 Å². The van der Waals surface area contributed by atoms with E-state index in [2.05, 4.69) is 5.32 Å². The van der Waals surface area contributed by atoms with E-state index < -0.39 is 28.5 Å². The van der Waals surface area contributed by atoms with E-state index in [1.807, 2.05) is 63.2 Å². The molecule has 0 aliphatic carbocycles. The van der Waals surface area contributed by atoms with Crippen LogP contribution in [-0.2, 0) is 26.0 Å². The molecule has 2 amide bonds. The Morgan fingerprint density at radius 1 is 0.921 bits per heavy atom. The lowest BCUT2D eigenvalue weighted by Gasteiger charge is -2.32. The summed E-state index contributed by atoms with van der Waals surface area (Å²) in [7, 11) is -4.06. The highest BCUT2D eigenvalue weighted by atomic mass is 32.2. The third-order valence-electron chi connectivity index (χ3n) is 6.44. The van der Waals surface area contributed by atoms with Crippen molar-refractivity contribution >= 4 is 27.5 Å². The monoisotopic (exact) mass is 535 g/mol. The number of carbonyl (C=O) groups is 2. The van der Waals surface area contributed by atoms with Gasteiger partial charge in [-0.2, -0.15) is 0 Å². The Balaban J connectivity index is 1.99. The third kappa shape index (κ3) is 7.22. The van der Waals surface area contributed by atoms with Crippen molar-refractivity contribution in [3.63, 3.8) is 0 Å². The first-order valence-electron chi connectivity index (χ1n) is 12.9. The number of amides is 2. The molecule has 0 saturated heterocycles. The quantitative estimate of drug-likeness (QED) is 0.370. The minimum absolute atomic E-state index is 0.0956. The van der Waals surface area contributed by atoms with Crippen molar-refractivity contribution in [3.05, 3.63) is 95.6 Å². The van der Waals surface area contributed by atoms with Crippen molar-refractivity contribution in [2.24, 2.45) is 0 Å². The summed E-state index contributed by atoms with van der Waals surface area (Å²) in [5.74, 6) is -0.710. The maximum atomic E-state index is 13.9. The molecule has 0 radical (unpaired) electrons. The Kier molecular flexibility index (Phi) is 10.1. The van der Waals surface area contributed by atoms with Gasteiger partial charge in [-0.15, -0.1) is 0 Å². The van der Waals surface area contributed by atoms with Gasteiger partial charge in [0.2, 0.25) is 11.8 Å². The van der Waals surface area contributed by atoms with Gasteiger partial charge < -0.3 is 10.2 Å². The number of hydrogen-bond donors (Lipinski definition) is 1. The molecule has 0 saturated carbocycles. The van der Waals surface area contributed by atoms with Crippen LogP contribution in [0.15, 0.2) is 83.8 Å². The maximum Gasteiger partial charge on any atom is 0.264 e. The lowest BCUT2D eigenvalue weighted by Crippen LogP contribution is -2.52. The topological polar surface area (TPSA) is 86.8 Å². The third-order valence-corrected chi connectivity index (χ3v) is 8.22. The summed E-state index contributed by atoms with van der Waals surface area (Å²) < 4.78 is 28.9. The van der Waals surface area contributed by atoms with Gasteiger partial charge >= 0.3 is 0 Å². The summed E-state index contributed by atoms with van der Waals surface area (Å²) in [5.41, 5.74) is 3.06. The van der Waals surface area contributed by atoms with Gasteiger partial charge in [0, 0.05) is 13.1 Å². The Morgan fingerprint density at radius 2 is 1.55 bits per heavy atom. The van der Waals surface area contributed by atoms with Gasteiger partial charge in [-0.3, -0.25) is 13.9 Å². The summed E-state index contributed by atoms with van der Waals surface area (Å²) in [6.07, 6.45) is 1.30. The van der Waals surface area contributed by atoms with Gasteiger partial charge in [-0.25, -0.2) is 8.42 Å². The second-order valence-corrected chi connectivity index (χ2v) is 11.3. The number of benzene rings is 3. The average Bonchev–Trinajstić information content (AvgIpc) is 2.92. The molecule has 8 heteroatoms. The van der Waals surface area contributed by atoms with Crippen LogP contribution in [0, 0.1) is 13.8 Å². The molecular weight excluding hydrogens is 498 g/mol. The summed E-state index contributed by atoms with van der Waals surface area (Å²) >= 11 is 0. The molecular formula is C30H37N3O4S. The van der Waals surface area contributed by atoms with Crippen LogP contribution in [0.1, 0.15) is 37.0 Å². The summed E-state index contributed by atoms with van der Waals surface area (Å²) in [6.45, 7) is 7.69. The van der Waals surface area contributed by atoms with Crippen molar-refractivity contribution < 1.29 is 18.0 Å². The minimum atomic E-state index is -4.06. The van der Waals surface area contributed by atoms with Crippen LogP contribution in [0.25, 0.3) is 0 Å². The van der Waals surface area contributed by atoms with E-state index in [4.69, 9.17) is 0 Å². The van der Waals surface area contributed by atoms with Crippen LogP contribution >= 0.6 is 0 Å². The van der Waals surface area contributed by atoms with Gasteiger partial charge in [0.15, 0.2) is 0 Å². The van der Waals surface area contributed by atoms with Crippen LogP contribution in [0.2, 0.25) is 0 Å². The SMILES string of the molecule is CCCNC(=O)[C@@H](C)N(CCc1ccccc1)C(=O)CN(c1cc(C)ccc1C)S(=O)(=O)c1ccccc1. The maximum absolute atomic E-state index is 13.9. The molecule has 0 aliphatic heterocycles. The van der Waals surface area contributed by atoms with E-state index in [-0.39, 0.29) is 17.3 Å². The van der Waals surface area contributed by atoms with Gasteiger partial charge in [-0.1, -0.05) is 67.6 Å². The largest absolute Gasteiger partial charge is 0.354 e. The molecule has 3 aromatic rings.